The summed E-state index contributed by atoms with van der Waals surface area (Å²) in [6.07, 6.45) is 1.33. The van der Waals surface area contributed by atoms with Gasteiger partial charge in [-0.1, -0.05) is 0 Å². The summed E-state index contributed by atoms with van der Waals surface area (Å²) in [5.74, 6) is 0. The molecule has 0 atom stereocenters. The summed E-state index contributed by atoms with van der Waals surface area (Å²) in [5.41, 5.74) is -0.885. The summed E-state index contributed by atoms with van der Waals surface area (Å²) < 4.78 is 37.2. The summed E-state index contributed by atoms with van der Waals surface area (Å²) in [5, 5.41) is 3.58. The Morgan fingerprint density at radius 1 is 1.60 bits per heavy atom. The third kappa shape index (κ3) is 2.97. The molecule has 82 valence electrons. The van der Waals surface area contributed by atoms with Crippen molar-refractivity contribution in [2.75, 3.05) is 0 Å². The number of hydrogen-bond acceptors (Lipinski definition) is 2. The molecule has 0 spiro atoms. The fourth-order valence-corrected chi connectivity index (χ4v) is 0.939. The molecule has 0 aliphatic heterocycles. The second-order valence-electron chi connectivity index (χ2n) is 3.26. The first-order valence-corrected chi connectivity index (χ1v) is 4.22. The molecule has 0 saturated carbocycles. The number of nitrogens with zero attached hydrogens (tertiary/aromatic N) is 2. The van der Waals surface area contributed by atoms with Gasteiger partial charge in [0.1, 0.15) is 0 Å². The number of halogens is 3. The Morgan fingerprint density at radius 2 is 2.20 bits per heavy atom. The zero-order valence-electron chi connectivity index (χ0n) is 8.08. The van der Waals surface area contributed by atoms with Crippen LogP contribution < -0.4 is 5.56 Å². The summed E-state index contributed by atoms with van der Waals surface area (Å²) in [4.78, 5) is 11.2. The number of rotatable bonds is 3. The molecule has 1 rings (SSSR count). The molecule has 1 aromatic rings. The Kier molecular flexibility index (Phi) is 3.02. The van der Waals surface area contributed by atoms with Crippen LogP contribution in [0, 0.1) is 6.92 Å². The molecule has 15 heavy (non-hydrogen) atoms. The molecule has 3 nitrogen and oxygen atoms in total. The minimum atomic E-state index is -5.12. The molecule has 0 amide bonds. The van der Waals surface area contributed by atoms with Gasteiger partial charge < -0.3 is 12.9 Å². The van der Waals surface area contributed by atoms with E-state index in [2.05, 4.69) is 11.7 Å². The van der Waals surface area contributed by atoms with E-state index in [-0.39, 0.29) is 0 Å². The molecule has 1 aromatic heterocycles. The van der Waals surface area contributed by atoms with Gasteiger partial charge in [-0.15, -0.1) is 12.1 Å². The molecule has 1 heterocycles. The molecule has 0 N–H and O–H groups in total. The standard InChI is InChI=1S/C8H9BF3N2O/c1-6-3-8(15)14(13-4-6)5-7(2)9(10,11)12/h3-4H,2,5H2,1H3/q-1. The van der Waals surface area contributed by atoms with Gasteiger partial charge >= 0.3 is 6.98 Å². The molecule has 0 radical (unpaired) electrons. The largest absolute Gasteiger partial charge is 0.506 e. The van der Waals surface area contributed by atoms with Crippen LogP contribution in [0.15, 0.2) is 29.1 Å². The van der Waals surface area contributed by atoms with Gasteiger partial charge in [0.15, 0.2) is 0 Å². The van der Waals surface area contributed by atoms with Crippen molar-refractivity contribution < 1.29 is 12.9 Å². The van der Waals surface area contributed by atoms with Gasteiger partial charge in [0.25, 0.3) is 5.56 Å². The van der Waals surface area contributed by atoms with Crippen molar-refractivity contribution in [1.82, 2.24) is 9.78 Å². The fraction of sp³-hybridized carbons (Fsp3) is 0.250. The third-order valence-corrected chi connectivity index (χ3v) is 1.82. The third-order valence-electron chi connectivity index (χ3n) is 1.82. The Hall–Kier alpha value is -1.53. The van der Waals surface area contributed by atoms with Crippen LogP contribution in [0.5, 0.6) is 0 Å². The van der Waals surface area contributed by atoms with E-state index < -0.39 is 24.6 Å². The van der Waals surface area contributed by atoms with Crippen molar-refractivity contribution >= 4 is 6.98 Å². The van der Waals surface area contributed by atoms with Gasteiger partial charge in [-0.05, 0) is 12.5 Å². The van der Waals surface area contributed by atoms with Gasteiger partial charge in [-0.2, -0.15) is 5.10 Å². The van der Waals surface area contributed by atoms with E-state index in [0.29, 0.717) is 5.56 Å². The van der Waals surface area contributed by atoms with Crippen molar-refractivity contribution in [2.24, 2.45) is 0 Å². The fourth-order valence-electron chi connectivity index (χ4n) is 0.939. The van der Waals surface area contributed by atoms with Crippen LogP contribution in [-0.2, 0) is 6.54 Å². The Morgan fingerprint density at radius 3 is 2.67 bits per heavy atom. The molecular weight excluding hydrogens is 208 g/mol. The van der Waals surface area contributed by atoms with Crippen LogP contribution in [0.2, 0.25) is 0 Å². The lowest BCUT2D eigenvalue weighted by atomic mass is 9.80. The van der Waals surface area contributed by atoms with Crippen LogP contribution in [0.25, 0.3) is 0 Å². The molecule has 0 unspecified atom stereocenters. The zero-order valence-corrected chi connectivity index (χ0v) is 8.08. The van der Waals surface area contributed by atoms with E-state index in [1.807, 2.05) is 0 Å². The van der Waals surface area contributed by atoms with Crippen molar-refractivity contribution in [3.63, 3.8) is 0 Å². The number of aromatic nitrogens is 2. The Balaban J connectivity index is 2.92. The van der Waals surface area contributed by atoms with Crippen molar-refractivity contribution in [3.8, 4) is 0 Å². The first kappa shape index (κ1) is 11.5. The van der Waals surface area contributed by atoms with Crippen LogP contribution in [0.1, 0.15) is 5.56 Å². The molecule has 0 fully saturated rings. The average molecular weight is 217 g/mol. The monoisotopic (exact) mass is 217 g/mol. The first-order chi connectivity index (χ1) is 6.80. The van der Waals surface area contributed by atoms with Crippen LogP contribution >= 0.6 is 0 Å². The van der Waals surface area contributed by atoms with Gasteiger partial charge in [0.2, 0.25) is 0 Å². The van der Waals surface area contributed by atoms with Gasteiger partial charge in [-0.3, -0.25) is 4.79 Å². The topological polar surface area (TPSA) is 34.9 Å². The van der Waals surface area contributed by atoms with Gasteiger partial charge in [0.05, 0.1) is 6.20 Å². The minimum absolute atomic E-state index is 0.559. The zero-order chi connectivity index (χ0) is 11.6. The average Bonchev–Trinajstić information content (AvgIpc) is 2.08. The number of aryl methyl sites for hydroxylation is 1. The highest BCUT2D eigenvalue weighted by atomic mass is 19.4. The predicted molar refractivity (Wildman–Crippen MR) is 51.5 cm³/mol. The summed E-state index contributed by atoms with van der Waals surface area (Å²) in [6, 6.07) is 1.23. The van der Waals surface area contributed by atoms with Crippen molar-refractivity contribution in [1.29, 1.82) is 0 Å². The second-order valence-corrected chi connectivity index (χ2v) is 3.26. The smallest absolute Gasteiger partial charge is 0.445 e. The van der Waals surface area contributed by atoms with E-state index >= 15 is 0 Å². The molecule has 0 saturated heterocycles. The first-order valence-electron chi connectivity index (χ1n) is 4.22. The number of hydrogen-bond donors (Lipinski definition) is 0. The maximum Gasteiger partial charge on any atom is 0.506 e. The molecule has 7 heteroatoms. The highest BCUT2D eigenvalue weighted by molar-refractivity contribution is 6.66. The molecule has 0 aromatic carbocycles. The Bertz CT molecular complexity index is 438. The van der Waals surface area contributed by atoms with E-state index in [4.69, 9.17) is 0 Å². The number of allylic oxidation sites excluding steroid dienone is 1. The van der Waals surface area contributed by atoms with Crippen molar-refractivity contribution in [2.45, 2.75) is 13.5 Å². The minimum Gasteiger partial charge on any atom is -0.445 e. The van der Waals surface area contributed by atoms with Crippen LogP contribution in [0.3, 0.4) is 0 Å². The maximum absolute atomic E-state index is 12.2. The van der Waals surface area contributed by atoms with Crippen LogP contribution in [0.4, 0.5) is 12.9 Å². The van der Waals surface area contributed by atoms with Crippen molar-refractivity contribution in [3.05, 3.63) is 40.2 Å². The van der Waals surface area contributed by atoms with Crippen LogP contribution in [-0.4, -0.2) is 16.8 Å². The summed E-state index contributed by atoms with van der Waals surface area (Å²) >= 11 is 0. The lowest BCUT2D eigenvalue weighted by molar-refractivity contribution is 0.477. The maximum atomic E-state index is 12.2. The van der Waals surface area contributed by atoms with E-state index in [9.17, 15) is 17.7 Å². The van der Waals surface area contributed by atoms with Gasteiger partial charge in [0, 0.05) is 12.6 Å². The van der Waals surface area contributed by atoms with E-state index in [1.165, 1.54) is 12.3 Å². The van der Waals surface area contributed by atoms with E-state index in [1.54, 1.807) is 6.92 Å². The molecule has 0 aliphatic rings. The lowest BCUT2D eigenvalue weighted by Gasteiger charge is -2.17. The molecular formula is C8H9BF3N2O-. The lowest BCUT2D eigenvalue weighted by Crippen LogP contribution is -2.29. The summed E-state index contributed by atoms with van der Waals surface area (Å²) in [7, 11) is 0. The second kappa shape index (κ2) is 3.92. The SMILES string of the molecule is C=C(Cn1ncc(C)cc1=O)[B-](F)(F)F. The molecule has 0 bridgehead atoms. The summed E-state index contributed by atoms with van der Waals surface area (Å²) in [6.45, 7) is -1.20. The predicted octanol–water partition coefficient (Wildman–Crippen LogP) is 1.49. The molecule has 0 aliphatic carbocycles. The van der Waals surface area contributed by atoms with Gasteiger partial charge in [-0.25, -0.2) is 4.68 Å². The van der Waals surface area contributed by atoms with E-state index in [0.717, 1.165) is 4.68 Å². The Labute approximate surface area is 84.3 Å². The highest BCUT2D eigenvalue weighted by Crippen LogP contribution is 2.18. The normalized spacial score (nSPS) is 11.5. The highest BCUT2D eigenvalue weighted by Gasteiger charge is 2.26. The quantitative estimate of drug-likeness (QED) is 0.719.